The van der Waals surface area contributed by atoms with E-state index >= 15 is 0 Å². The van der Waals surface area contributed by atoms with E-state index in [1.807, 2.05) is 6.92 Å². The molecule has 6 nitrogen and oxygen atoms in total. The average molecular weight is 396 g/mol. The second-order valence-corrected chi connectivity index (χ2v) is 10.2. The van der Waals surface area contributed by atoms with Crippen molar-refractivity contribution in [3.05, 3.63) is 0 Å². The molecule has 0 unspecified atom stereocenters. The van der Waals surface area contributed by atoms with Crippen molar-refractivity contribution >= 4 is 11.8 Å². The molecule has 0 amide bonds. The Morgan fingerprint density at radius 2 is 1.96 bits per heavy atom. The van der Waals surface area contributed by atoms with Crippen LogP contribution in [0, 0.1) is 34.0 Å². The van der Waals surface area contributed by atoms with Crippen molar-refractivity contribution in [2.75, 3.05) is 13.2 Å². The van der Waals surface area contributed by atoms with Gasteiger partial charge in [-0.25, -0.2) is 4.79 Å². The molecule has 0 heterocycles. The summed E-state index contributed by atoms with van der Waals surface area (Å²) in [6.07, 6.45) is 3.07. The summed E-state index contributed by atoms with van der Waals surface area (Å²) < 4.78 is 5.82. The third-order valence-corrected chi connectivity index (χ3v) is 9.02. The van der Waals surface area contributed by atoms with Gasteiger partial charge in [0.15, 0.2) is 0 Å². The maximum atomic E-state index is 13.2. The van der Waals surface area contributed by atoms with E-state index in [9.17, 15) is 19.8 Å². The van der Waals surface area contributed by atoms with Crippen molar-refractivity contribution in [3.63, 3.8) is 0 Å². The first-order chi connectivity index (χ1) is 13.1. The molecule has 3 aliphatic carbocycles. The van der Waals surface area contributed by atoms with Gasteiger partial charge in [-0.1, -0.05) is 27.7 Å². The molecule has 4 N–H and O–H groups in total. The predicted octanol–water partition coefficient (Wildman–Crippen LogP) is 2.05. The Labute approximate surface area is 168 Å². The number of ether oxygens (including phenoxy) is 1. The van der Waals surface area contributed by atoms with Crippen LogP contribution < -0.4 is 5.73 Å². The maximum Gasteiger partial charge on any atom is 0.332 e. The molecule has 3 fully saturated rings. The number of rotatable bonds is 4. The number of Topliss-reactive ketones (excluding diaryl/α,β-unsaturated/α-hetero) is 1. The molecule has 0 aromatic rings. The monoisotopic (exact) mass is 395 g/mol. The van der Waals surface area contributed by atoms with Crippen molar-refractivity contribution in [2.45, 2.75) is 78.4 Å². The van der Waals surface area contributed by atoms with Crippen LogP contribution in [0.4, 0.5) is 0 Å². The highest BCUT2D eigenvalue weighted by molar-refractivity contribution is 5.85. The van der Waals surface area contributed by atoms with Crippen LogP contribution in [-0.2, 0) is 14.3 Å². The smallest absolute Gasteiger partial charge is 0.332 e. The molecule has 0 aromatic heterocycles. The van der Waals surface area contributed by atoms with Crippen LogP contribution in [0.15, 0.2) is 0 Å². The van der Waals surface area contributed by atoms with Gasteiger partial charge in [-0.05, 0) is 61.3 Å². The summed E-state index contributed by atoms with van der Waals surface area (Å²) in [5, 5.41) is 20.8. The van der Waals surface area contributed by atoms with Crippen LogP contribution in [0.3, 0.4) is 0 Å². The Morgan fingerprint density at radius 1 is 1.29 bits per heavy atom. The summed E-state index contributed by atoms with van der Waals surface area (Å²) in [5.41, 5.74) is 4.61. The Bertz CT molecular complexity index is 638. The number of carbonyl (C=O) groups excluding carboxylic acids is 2. The van der Waals surface area contributed by atoms with E-state index in [1.54, 1.807) is 0 Å². The van der Waals surface area contributed by atoms with Crippen LogP contribution in [0.1, 0.15) is 66.2 Å². The molecule has 6 heteroatoms. The van der Waals surface area contributed by atoms with E-state index in [4.69, 9.17) is 10.5 Å². The van der Waals surface area contributed by atoms with Crippen molar-refractivity contribution in [1.82, 2.24) is 0 Å². The zero-order valence-electron chi connectivity index (χ0n) is 17.7. The van der Waals surface area contributed by atoms with E-state index < -0.39 is 35.6 Å². The molecular formula is C22H37NO5. The molecule has 3 aliphatic rings. The van der Waals surface area contributed by atoms with Gasteiger partial charge in [0, 0.05) is 17.8 Å². The van der Waals surface area contributed by atoms with Gasteiger partial charge in [0.1, 0.15) is 18.5 Å². The Balaban J connectivity index is 2.19. The minimum atomic E-state index is -0.683. The SMILES string of the molecule is C[C@@H]1CC[C@@]23CCC(=O)[C@H]2[C@]1(C)[C@H](OC(=O)CO)C[C@](C)(CCN)[C@@H](O)[C@@H]3C. The van der Waals surface area contributed by atoms with Crippen LogP contribution in [0.5, 0.6) is 0 Å². The maximum absolute atomic E-state index is 13.2. The highest BCUT2D eigenvalue weighted by atomic mass is 16.6. The lowest BCUT2D eigenvalue weighted by Crippen LogP contribution is -2.63. The third-order valence-electron chi connectivity index (χ3n) is 9.02. The lowest BCUT2D eigenvalue weighted by Gasteiger charge is -2.62. The van der Waals surface area contributed by atoms with E-state index in [-0.39, 0.29) is 29.0 Å². The van der Waals surface area contributed by atoms with Gasteiger partial charge < -0.3 is 20.7 Å². The van der Waals surface area contributed by atoms with Crippen LogP contribution in [0.25, 0.3) is 0 Å². The molecule has 0 spiro atoms. The second-order valence-electron chi connectivity index (χ2n) is 10.2. The predicted molar refractivity (Wildman–Crippen MR) is 105 cm³/mol. The number of aliphatic hydroxyl groups excluding tert-OH is 2. The van der Waals surface area contributed by atoms with Gasteiger partial charge >= 0.3 is 5.97 Å². The summed E-state index contributed by atoms with van der Waals surface area (Å²) in [5.74, 6) is -0.485. The first-order valence-corrected chi connectivity index (χ1v) is 10.8. The number of ketones is 1. The minimum Gasteiger partial charge on any atom is -0.460 e. The Hall–Kier alpha value is -0.980. The van der Waals surface area contributed by atoms with Crippen molar-refractivity contribution < 1.29 is 24.5 Å². The first kappa shape index (κ1) is 21.7. The number of nitrogens with two attached hydrogens (primary N) is 1. The van der Waals surface area contributed by atoms with Gasteiger partial charge in [-0.3, -0.25) is 4.79 Å². The Kier molecular flexibility index (Phi) is 5.72. The van der Waals surface area contributed by atoms with Crippen LogP contribution in [-0.4, -0.2) is 47.3 Å². The summed E-state index contributed by atoms with van der Waals surface area (Å²) in [7, 11) is 0. The van der Waals surface area contributed by atoms with E-state index in [2.05, 4.69) is 20.8 Å². The van der Waals surface area contributed by atoms with E-state index in [1.165, 1.54) is 0 Å². The molecule has 28 heavy (non-hydrogen) atoms. The second kappa shape index (κ2) is 7.37. The van der Waals surface area contributed by atoms with Gasteiger partial charge in [-0.15, -0.1) is 0 Å². The van der Waals surface area contributed by atoms with E-state index in [0.29, 0.717) is 25.8 Å². The number of aliphatic hydroxyl groups is 2. The zero-order valence-corrected chi connectivity index (χ0v) is 17.7. The molecule has 0 aliphatic heterocycles. The molecular weight excluding hydrogens is 358 g/mol. The largest absolute Gasteiger partial charge is 0.460 e. The average Bonchev–Trinajstić information content (AvgIpc) is 3.01. The number of carbonyl (C=O) groups is 2. The molecule has 2 bridgehead atoms. The molecule has 0 aromatic carbocycles. The van der Waals surface area contributed by atoms with Gasteiger partial charge in [0.25, 0.3) is 0 Å². The molecule has 3 saturated carbocycles. The lowest BCUT2D eigenvalue weighted by molar-refractivity contribution is -0.213. The first-order valence-electron chi connectivity index (χ1n) is 10.8. The number of hydrogen-bond acceptors (Lipinski definition) is 6. The Morgan fingerprint density at radius 3 is 2.57 bits per heavy atom. The van der Waals surface area contributed by atoms with E-state index in [0.717, 1.165) is 19.3 Å². The normalized spacial score (nSPS) is 48.5. The summed E-state index contributed by atoms with van der Waals surface area (Å²) in [6.45, 7) is 8.12. The third kappa shape index (κ3) is 2.94. The molecule has 3 rings (SSSR count). The molecule has 0 radical (unpaired) electrons. The molecule has 160 valence electrons. The molecule has 0 saturated heterocycles. The van der Waals surface area contributed by atoms with Crippen LogP contribution in [0.2, 0.25) is 0 Å². The standard InChI is InChI=1S/C22H37NO5/c1-13-5-7-22-8-6-15(25)18(22)21(13,4)16(28-17(26)12-24)11-20(3,9-10-23)19(27)14(22)2/h13-14,16,18-19,24,27H,5-12,23H2,1-4H3/t13-,14+,16-,18+,19+,20+,21+,22+/m1/s1. The topological polar surface area (TPSA) is 110 Å². The fourth-order valence-corrected chi connectivity index (χ4v) is 7.13. The van der Waals surface area contributed by atoms with Crippen molar-refractivity contribution in [3.8, 4) is 0 Å². The fraction of sp³-hybridized carbons (Fsp3) is 0.909. The highest BCUT2D eigenvalue weighted by Crippen LogP contribution is 2.68. The number of hydrogen-bond donors (Lipinski definition) is 3. The summed E-state index contributed by atoms with van der Waals surface area (Å²) in [4.78, 5) is 25.3. The van der Waals surface area contributed by atoms with Crippen LogP contribution >= 0.6 is 0 Å². The molecule has 8 atom stereocenters. The fourth-order valence-electron chi connectivity index (χ4n) is 7.13. The summed E-state index contributed by atoms with van der Waals surface area (Å²) in [6, 6.07) is 0. The lowest BCUT2D eigenvalue weighted by atomic mass is 9.43. The van der Waals surface area contributed by atoms with Crippen molar-refractivity contribution in [1.29, 1.82) is 0 Å². The van der Waals surface area contributed by atoms with Crippen molar-refractivity contribution in [2.24, 2.45) is 39.7 Å². The summed E-state index contributed by atoms with van der Waals surface area (Å²) >= 11 is 0. The highest BCUT2D eigenvalue weighted by Gasteiger charge is 2.68. The quantitative estimate of drug-likeness (QED) is 0.629. The van der Waals surface area contributed by atoms with Gasteiger partial charge in [-0.2, -0.15) is 0 Å². The van der Waals surface area contributed by atoms with Gasteiger partial charge in [0.05, 0.1) is 6.10 Å². The van der Waals surface area contributed by atoms with Gasteiger partial charge in [0.2, 0.25) is 0 Å². The zero-order chi connectivity index (χ0) is 20.9. The minimum absolute atomic E-state index is 0.0261. The number of esters is 1.